The van der Waals surface area contributed by atoms with Crippen molar-refractivity contribution in [2.24, 2.45) is 0 Å². The first-order valence-corrected chi connectivity index (χ1v) is 5.46. The van der Waals surface area contributed by atoms with Gasteiger partial charge in [0, 0.05) is 5.56 Å². The average molecular weight is 259 g/mol. The topological polar surface area (TPSA) is 12.0 Å². The lowest BCUT2D eigenvalue weighted by molar-refractivity contribution is -0.137. The molecule has 98 valence electrons. The lowest BCUT2D eigenvalue weighted by atomic mass is 10.0. The molecule has 1 aromatic carbocycles. The van der Waals surface area contributed by atoms with Crippen molar-refractivity contribution in [1.29, 1.82) is 0 Å². The van der Waals surface area contributed by atoms with Crippen LogP contribution in [0.15, 0.2) is 18.2 Å². The van der Waals surface area contributed by atoms with E-state index in [1.807, 2.05) is 6.92 Å². The fraction of sp³-hybridized carbons (Fsp3) is 0.385. The minimum absolute atomic E-state index is 0.152. The Labute approximate surface area is 103 Å². The summed E-state index contributed by atoms with van der Waals surface area (Å²) in [6, 6.07) is 1.39. The SMILES string of the molecule is C#CC(NCCC)c1cc(C(F)(F)F)ccc1F. The van der Waals surface area contributed by atoms with Crippen molar-refractivity contribution in [2.45, 2.75) is 25.6 Å². The lowest BCUT2D eigenvalue weighted by Gasteiger charge is -2.16. The Kier molecular flexibility index (Phi) is 4.74. The first-order chi connectivity index (χ1) is 8.40. The molecular formula is C13H13F4N. The van der Waals surface area contributed by atoms with Crippen molar-refractivity contribution in [3.63, 3.8) is 0 Å². The lowest BCUT2D eigenvalue weighted by Crippen LogP contribution is -2.22. The van der Waals surface area contributed by atoms with Crippen LogP contribution in [0.1, 0.15) is 30.5 Å². The number of hydrogen-bond acceptors (Lipinski definition) is 1. The van der Waals surface area contributed by atoms with Crippen LogP contribution in [0.4, 0.5) is 17.6 Å². The van der Waals surface area contributed by atoms with Gasteiger partial charge in [0.2, 0.25) is 0 Å². The molecule has 0 aromatic heterocycles. The maximum absolute atomic E-state index is 13.5. The Morgan fingerprint density at radius 1 is 1.39 bits per heavy atom. The molecule has 0 saturated heterocycles. The summed E-state index contributed by atoms with van der Waals surface area (Å²) in [4.78, 5) is 0. The van der Waals surface area contributed by atoms with E-state index >= 15 is 0 Å². The molecule has 0 aliphatic carbocycles. The molecule has 1 N–H and O–H groups in total. The van der Waals surface area contributed by atoms with E-state index in [1.54, 1.807) is 0 Å². The fourth-order valence-electron chi connectivity index (χ4n) is 1.49. The Bertz CT molecular complexity index is 445. The van der Waals surface area contributed by atoms with Crippen LogP contribution >= 0.6 is 0 Å². The van der Waals surface area contributed by atoms with Gasteiger partial charge in [-0.3, -0.25) is 5.32 Å². The first kappa shape index (κ1) is 14.5. The second kappa shape index (κ2) is 5.87. The van der Waals surface area contributed by atoms with Gasteiger partial charge >= 0.3 is 6.18 Å². The second-order valence-corrected chi connectivity index (χ2v) is 3.79. The van der Waals surface area contributed by atoms with Crippen LogP contribution in [0, 0.1) is 18.2 Å². The third-order valence-electron chi connectivity index (χ3n) is 2.40. The maximum atomic E-state index is 13.5. The standard InChI is InChI=1S/C13H13F4N/c1-3-7-18-12(4-2)10-8-9(13(15,16)17)5-6-11(10)14/h2,5-6,8,12,18H,3,7H2,1H3. The van der Waals surface area contributed by atoms with E-state index in [0.29, 0.717) is 12.6 Å². The molecule has 0 bridgehead atoms. The van der Waals surface area contributed by atoms with E-state index in [4.69, 9.17) is 6.42 Å². The van der Waals surface area contributed by atoms with Gasteiger partial charge in [0.15, 0.2) is 0 Å². The van der Waals surface area contributed by atoms with Gasteiger partial charge in [-0.25, -0.2) is 4.39 Å². The van der Waals surface area contributed by atoms with Crippen molar-refractivity contribution >= 4 is 0 Å². The van der Waals surface area contributed by atoms with Crippen LogP contribution in [0.5, 0.6) is 0 Å². The smallest absolute Gasteiger partial charge is 0.300 e. The molecule has 0 fully saturated rings. The molecular weight excluding hydrogens is 246 g/mol. The summed E-state index contributed by atoms with van der Waals surface area (Å²) < 4.78 is 51.1. The van der Waals surface area contributed by atoms with E-state index in [2.05, 4.69) is 11.2 Å². The number of rotatable bonds is 4. The van der Waals surface area contributed by atoms with Crippen molar-refractivity contribution in [2.75, 3.05) is 6.54 Å². The zero-order valence-corrected chi connectivity index (χ0v) is 9.81. The molecule has 0 saturated carbocycles. The Balaban J connectivity index is 3.10. The molecule has 0 heterocycles. The molecule has 0 aliphatic heterocycles. The van der Waals surface area contributed by atoms with E-state index < -0.39 is 23.6 Å². The average Bonchev–Trinajstić information content (AvgIpc) is 2.30. The third-order valence-corrected chi connectivity index (χ3v) is 2.40. The number of terminal acetylenes is 1. The third kappa shape index (κ3) is 3.47. The molecule has 18 heavy (non-hydrogen) atoms. The van der Waals surface area contributed by atoms with E-state index in [9.17, 15) is 17.6 Å². The fourth-order valence-corrected chi connectivity index (χ4v) is 1.49. The highest BCUT2D eigenvalue weighted by Crippen LogP contribution is 2.31. The van der Waals surface area contributed by atoms with Gasteiger partial charge in [-0.2, -0.15) is 13.2 Å². The zero-order chi connectivity index (χ0) is 13.8. The van der Waals surface area contributed by atoms with Gasteiger partial charge in [0.25, 0.3) is 0 Å². The summed E-state index contributed by atoms with van der Waals surface area (Å²) in [5.41, 5.74) is -1.06. The quantitative estimate of drug-likeness (QED) is 0.644. The van der Waals surface area contributed by atoms with Crippen molar-refractivity contribution in [3.05, 3.63) is 35.1 Å². The monoisotopic (exact) mass is 259 g/mol. The second-order valence-electron chi connectivity index (χ2n) is 3.79. The molecule has 0 radical (unpaired) electrons. The highest BCUT2D eigenvalue weighted by atomic mass is 19.4. The van der Waals surface area contributed by atoms with Crippen molar-refractivity contribution < 1.29 is 17.6 Å². The Morgan fingerprint density at radius 2 is 2.06 bits per heavy atom. The van der Waals surface area contributed by atoms with E-state index in [-0.39, 0.29) is 5.56 Å². The number of alkyl halides is 3. The largest absolute Gasteiger partial charge is 0.416 e. The number of benzene rings is 1. The van der Waals surface area contributed by atoms with E-state index in [1.165, 1.54) is 0 Å². The number of halogens is 4. The summed E-state index contributed by atoms with van der Waals surface area (Å²) in [5.74, 6) is 1.51. The Morgan fingerprint density at radius 3 is 2.56 bits per heavy atom. The highest BCUT2D eigenvalue weighted by molar-refractivity contribution is 5.33. The van der Waals surface area contributed by atoms with Crippen LogP contribution in [0.3, 0.4) is 0 Å². The molecule has 0 amide bonds. The van der Waals surface area contributed by atoms with Gasteiger partial charge in [0.05, 0.1) is 11.6 Å². The summed E-state index contributed by atoms with van der Waals surface area (Å²) in [5, 5.41) is 2.81. The molecule has 1 unspecified atom stereocenters. The molecule has 1 rings (SSSR count). The van der Waals surface area contributed by atoms with Crippen LogP contribution in [0.25, 0.3) is 0 Å². The molecule has 1 nitrogen and oxygen atoms in total. The first-order valence-electron chi connectivity index (χ1n) is 5.46. The van der Waals surface area contributed by atoms with Crippen LogP contribution in [-0.4, -0.2) is 6.54 Å². The normalized spacial score (nSPS) is 13.1. The summed E-state index contributed by atoms with van der Waals surface area (Å²) in [6.45, 7) is 2.38. The number of nitrogens with one attached hydrogen (secondary N) is 1. The molecule has 5 heteroatoms. The van der Waals surface area contributed by atoms with E-state index in [0.717, 1.165) is 18.6 Å². The van der Waals surface area contributed by atoms with Gasteiger partial charge in [-0.05, 0) is 31.2 Å². The van der Waals surface area contributed by atoms with Gasteiger partial charge < -0.3 is 0 Å². The zero-order valence-electron chi connectivity index (χ0n) is 9.81. The molecule has 1 aromatic rings. The highest BCUT2D eigenvalue weighted by Gasteiger charge is 2.31. The van der Waals surface area contributed by atoms with Gasteiger partial charge in [-0.1, -0.05) is 12.8 Å². The Hall–Kier alpha value is -1.54. The summed E-state index contributed by atoms with van der Waals surface area (Å²) in [7, 11) is 0. The minimum Gasteiger partial charge on any atom is -0.300 e. The van der Waals surface area contributed by atoms with Gasteiger partial charge in [0.1, 0.15) is 5.82 Å². The molecule has 0 spiro atoms. The van der Waals surface area contributed by atoms with Crippen molar-refractivity contribution in [3.8, 4) is 12.3 Å². The van der Waals surface area contributed by atoms with Crippen LogP contribution in [-0.2, 0) is 6.18 Å². The summed E-state index contributed by atoms with van der Waals surface area (Å²) in [6.07, 6.45) is 1.45. The number of hydrogen-bond donors (Lipinski definition) is 1. The van der Waals surface area contributed by atoms with Gasteiger partial charge in [-0.15, -0.1) is 6.42 Å². The van der Waals surface area contributed by atoms with Crippen LogP contribution in [0.2, 0.25) is 0 Å². The predicted octanol–water partition coefficient (Wildman–Crippen LogP) is 3.52. The van der Waals surface area contributed by atoms with Crippen LogP contribution < -0.4 is 5.32 Å². The molecule has 0 aliphatic rings. The van der Waals surface area contributed by atoms with Crippen molar-refractivity contribution in [1.82, 2.24) is 5.32 Å². The molecule has 1 atom stereocenters. The maximum Gasteiger partial charge on any atom is 0.416 e. The predicted molar refractivity (Wildman–Crippen MR) is 61.3 cm³/mol. The summed E-state index contributed by atoms with van der Waals surface area (Å²) >= 11 is 0. The minimum atomic E-state index is -4.51.